The highest BCUT2D eigenvalue weighted by molar-refractivity contribution is 5.76. The number of carbonyl (C=O) groups is 1. The van der Waals surface area contributed by atoms with Crippen LogP contribution in [0.15, 0.2) is 24.3 Å². The van der Waals surface area contributed by atoms with Gasteiger partial charge in [-0.2, -0.15) is 0 Å². The summed E-state index contributed by atoms with van der Waals surface area (Å²) in [6, 6.07) is -0.988. The molecule has 1 amide bonds. The third kappa shape index (κ3) is 40.5. The summed E-state index contributed by atoms with van der Waals surface area (Å²) in [6.07, 6.45) is 46.0. The molecular weight excluding hydrogens is 1250 g/mol. The summed E-state index contributed by atoms with van der Waals surface area (Å²) < 4.78 is 34.4. The molecule has 0 radical (unpaired) electrons. The van der Waals surface area contributed by atoms with Gasteiger partial charge in [0, 0.05) is 6.42 Å². The Kier molecular flexibility index (Phi) is 55.9. The van der Waals surface area contributed by atoms with Crippen LogP contribution in [-0.2, 0) is 33.2 Å². The first-order chi connectivity index (χ1) is 47.8. The van der Waals surface area contributed by atoms with Crippen LogP contribution in [-0.4, -0.2) is 193 Å². The van der Waals surface area contributed by atoms with Gasteiger partial charge in [0.2, 0.25) is 5.91 Å². The van der Waals surface area contributed by atoms with Crippen molar-refractivity contribution < 1.29 is 89.4 Å². The van der Waals surface area contributed by atoms with Crippen LogP contribution < -0.4 is 5.32 Å². The monoisotopic (exact) mass is 1400 g/mol. The second-order valence-corrected chi connectivity index (χ2v) is 29.2. The first-order valence-corrected chi connectivity index (χ1v) is 40.6. The maximum absolute atomic E-state index is 13.5. The van der Waals surface area contributed by atoms with Gasteiger partial charge in [-0.25, -0.2) is 0 Å². The van der Waals surface area contributed by atoms with E-state index < -0.39 is 124 Å². The zero-order valence-electron chi connectivity index (χ0n) is 61.8. The predicted octanol–water partition coefficient (Wildman–Crippen LogP) is 13.3. The van der Waals surface area contributed by atoms with E-state index in [2.05, 4.69) is 31.3 Å². The first-order valence-electron chi connectivity index (χ1n) is 40.6. The maximum Gasteiger partial charge on any atom is 0.220 e. The van der Waals surface area contributed by atoms with Crippen LogP contribution in [0, 0.1) is 0 Å². The number of aliphatic hydroxyl groups excluding tert-OH is 11. The van der Waals surface area contributed by atoms with E-state index in [1.807, 2.05) is 6.08 Å². The summed E-state index contributed by atoms with van der Waals surface area (Å²) in [5.41, 5.74) is 0. The molecule has 3 fully saturated rings. The summed E-state index contributed by atoms with van der Waals surface area (Å²) in [7, 11) is 0. The Labute approximate surface area is 594 Å². The van der Waals surface area contributed by atoms with E-state index in [1.54, 1.807) is 6.08 Å². The molecular formula is C79H149NO18. The molecule has 0 aromatic carbocycles. The van der Waals surface area contributed by atoms with Crippen molar-refractivity contribution in [1.29, 1.82) is 0 Å². The Morgan fingerprint density at radius 1 is 0.357 bits per heavy atom. The number of hydrogen-bond donors (Lipinski definition) is 12. The Balaban J connectivity index is 1.38. The Hall–Kier alpha value is -1.73. The van der Waals surface area contributed by atoms with E-state index in [-0.39, 0.29) is 18.9 Å². The molecule has 3 saturated heterocycles. The molecule has 19 nitrogen and oxygen atoms in total. The summed E-state index contributed by atoms with van der Waals surface area (Å²) in [5.74, 6) is -0.277. The fraction of sp³-hybridized carbons (Fsp3) is 0.937. The van der Waals surface area contributed by atoms with Gasteiger partial charge in [-0.15, -0.1) is 0 Å². The number of rotatable bonds is 65. The number of amides is 1. The topological polar surface area (TPSA) is 307 Å². The summed E-state index contributed by atoms with van der Waals surface area (Å²) in [5, 5.41) is 121. The maximum atomic E-state index is 13.5. The van der Waals surface area contributed by atoms with E-state index in [0.29, 0.717) is 12.8 Å². The molecule has 3 rings (SSSR count). The average Bonchev–Trinajstić information content (AvgIpc) is 0.784. The summed E-state index contributed by atoms with van der Waals surface area (Å²) >= 11 is 0. The number of aliphatic hydroxyl groups is 11. The minimum atomic E-state index is -1.98. The average molecular weight is 1400 g/mol. The van der Waals surface area contributed by atoms with Gasteiger partial charge in [0.1, 0.15) is 73.2 Å². The molecule has 3 aliphatic rings. The molecule has 19 heteroatoms. The van der Waals surface area contributed by atoms with Crippen molar-refractivity contribution in [3.05, 3.63) is 24.3 Å². The molecule has 0 spiro atoms. The molecule has 98 heavy (non-hydrogen) atoms. The number of unbranched alkanes of at least 4 members (excludes halogenated alkanes) is 47. The quantitative estimate of drug-likeness (QED) is 0.0199. The summed E-state index contributed by atoms with van der Waals surface area (Å²) in [6.45, 7) is 1.78. The zero-order valence-corrected chi connectivity index (χ0v) is 61.8. The van der Waals surface area contributed by atoms with Crippen molar-refractivity contribution in [1.82, 2.24) is 5.32 Å². The largest absolute Gasteiger partial charge is 0.394 e. The lowest BCUT2D eigenvalue weighted by atomic mass is 9.96. The number of carbonyl (C=O) groups excluding carboxylic acids is 1. The minimum absolute atomic E-state index is 0.241. The highest BCUT2D eigenvalue weighted by Gasteiger charge is 2.54. The molecule has 0 aliphatic carbocycles. The Morgan fingerprint density at radius 3 is 1.02 bits per heavy atom. The van der Waals surface area contributed by atoms with Crippen molar-refractivity contribution in [2.75, 3.05) is 26.4 Å². The fourth-order valence-corrected chi connectivity index (χ4v) is 14.0. The predicted molar refractivity (Wildman–Crippen MR) is 388 cm³/mol. The summed E-state index contributed by atoms with van der Waals surface area (Å²) in [4.78, 5) is 13.5. The van der Waals surface area contributed by atoms with Crippen molar-refractivity contribution >= 4 is 5.91 Å². The fourth-order valence-electron chi connectivity index (χ4n) is 14.0. The first kappa shape index (κ1) is 90.5. The lowest BCUT2D eigenvalue weighted by Crippen LogP contribution is -2.66. The van der Waals surface area contributed by atoms with Gasteiger partial charge < -0.3 is 89.9 Å². The molecule has 0 aromatic heterocycles. The van der Waals surface area contributed by atoms with Crippen molar-refractivity contribution in [2.24, 2.45) is 0 Å². The van der Waals surface area contributed by atoms with E-state index in [0.717, 1.165) is 38.5 Å². The molecule has 578 valence electrons. The molecule has 17 unspecified atom stereocenters. The van der Waals surface area contributed by atoms with Crippen LogP contribution >= 0.6 is 0 Å². The third-order valence-corrected chi connectivity index (χ3v) is 20.5. The van der Waals surface area contributed by atoms with Crippen LogP contribution in [0.3, 0.4) is 0 Å². The lowest BCUT2D eigenvalue weighted by molar-refractivity contribution is -0.379. The standard InChI is InChI=1S/C79H149NO18/c1-3-5-7-9-11-13-15-17-19-21-23-25-27-29-30-31-32-33-35-37-39-41-43-45-47-49-51-53-55-57-67(85)80-62(63(84)56-54-52-50-48-46-44-42-40-38-36-34-28-26-24-22-20-18-16-14-12-10-8-6-4-2)61-93-77-73(91)70(88)75(65(59-82)95-77)98-79-74(92)71(89)76(66(60-83)96-79)97-78-72(90)69(87)68(86)64(58-81)94-78/h46,48,54,56,62-66,68-79,81-84,86-92H,3-45,47,49-53,55,57-61H2,1-2H3,(H,80,85)/b48-46+,56-54+. The van der Waals surface area contributed by atoms with Crippen LogP contribution in [0.5, 0.6) is 0 Å². The van der Waals surface area contributed by atoms with Crippen molar-refractivity contribution in [2.45, 2.75) is 446 Å². The Morgan fingerprint density at radius 2 is 0.653 bits per heavy atom. The second kappa shape index (κ2) is 60.5. The van der Waals surface area contributed by atoms with Gasteiger partial charge in [-0.1, -0.05) is 327 Å². The molecule has 12 N–H and O–H groups in total. The SMILES string of the molecule is CCCCCCCCCCCCCCCCCCCC/C=C/CC/C=C/C(O)C(COC1OC(CO)C(OC2OC(CO)C(OC3OC(CO)C(O)C(O)C3O)C(O)C2O)C(O)C1O)NC(=O)CCCCCCCCCCCCCCCCCCCCCCCCCCCCCCC. The number of hydrogen-bond acceptors (Lipinski definition) is 18. The van der Waals surface area contributed by atoms with Crippen LogP contribution in [0.1, 0.15) is 341 Å². The minimum Gasteiger partial charge on any atom is -0.394 e. The van der Waals surface area contributed by atoms with Crippen LogP contribution in [0.4, 0.5) is 0 Å². The van der Waals surface area contributed by atoms with Crippen LogP contribution in [0.2, 0.25) is 0 Å². The molecule has 0 bridgehead atoms. The smallest absolute Gasteiger partial charge is 0.220 e. The van der Waals surface area contributed by atoms with Crippen molar-refractivity contribution in [3.8, 4) is 0 Å². The normalized spacial score (nSPS) is 26.8. The molecule has 0 saturated carbocycles. The van der Waals surface area contributed by atoms with E-state index >= 15 is 0 Å². The van der Waals surface area contributed by atoms with Gasteiger partial charge in [0.05, 0.1) is 38.6 Å². The van der Waals surface area contributed by atoms with E-state index in [9.17, 15) is 61.0 Å². The van der Waals surface area contributed by atoms with Gasteiger partial charge in [0.15, 0.2) is 18.9 Å². The highest BCUT2D eigenvalue weighted by atomic mass is 16.8. The van der Waals surface area contributed by atoms with E-state index in [1.165, 1.54) is 270 Å². The van der Waals surface area contributed by atoms with Gasteiger partial charge in [-0.3, -0.25) is 4.79 Å². The Bertz CT molecular complexity index is 1870. The van der Waals surface area contributed by atoms with Gasteiger partial charge in [-0.05, 0) is 32.1 Å². The van der Waals surface area contributed by atoms with Crippen LogP contribution in [0.25, 0.3) is 0 Å². The molecule has 3 aliphatic heterocycles. The van der Waals surface area contributed by atoms with Crippen molar-refractivity contribution in [3.63, 3.8) is 0 Å². The third-order valence-electron chi connectivity index (χ3n) is 20.5. The number of ether oxygens (including phenoxy) is 6. The van der Waals surface area contributed by atoms with E-state index in [4.69, 9.17) is 28.4 Å². The molecule has 0 aromatic rings. The zero-order chi connectivity index (χ0) is 71.1. The lowest BCUT2D eigenvalue weighted by Gasteiger charge is -2.48. The number of nitrogens with one attached hydrogen (secondary N) is 1. The van der Waals surface area contributed by atoms with Gasteiger partial charge in [0.25, 0.3) is 0 Å². The molecule has 3 heterocycles. The second-order valence-electron chi connectivity index (χ2n) is 29.2. The van der Waals surface area contributed by atoms with Gasteiger partial charge >= 0.3 is 0 Å². The molecule has 17 atom stereocenters. The number of allylic oxidation sites excluding steroid dienone is 3. The highest BCUT2D eigenvalue weighted by Crippen LogP contribution is 2.33.